The molecule has 0 saturated heterocycles. The fourth-order valence-corrected chi connectivity index (χ4v) is 0.976. The molecule has 61 valence electrons. The van der Waals surface area contributed by atoms with E-state index < -0.39 is 0 Å². The highest BCUT2D eigenvalue weighted by Crippen LogP contribution is 2.03. The summed E-state index contributed by atoms with van der Waals surface area (Å²) in [5, 5.41) is 0. The third-order valence-electron chi connectivity index (χ3n) is 1.53. The average Bonchev–Trinajstić information content (AvgIpc) is 2.03. The average molecular weight is 167 g/mol. The molecule has 0 amide bonds. The molecule has 2 heteroatoms. The van der Waals surface area contributed by atoms with E-state index in [1.807, 2.05) is 0 Å². The molecule has 0 aromatic rings. The van der Waals surface area contributed by atoms with Crippen LogP contribution in [0, 0.1) is 12.0 Å². The van der Waals surface area contributed by atoms with E-state index in [2.05, 4.69) is 33.9 Å². The van der Waals surface area contributed by atoms with Gasteiger partial charge in [0.2, 0.25) is 0 Å². The fourth-order valence-electron chi connectivity index (χ4n) is 0.904. The Labute approximate surface area is 73.1 Å². The first-order chi connectivity index (χ1) is 5.41. The summed E-state index contributed by atoms with van der Waals surface area (Å²) >= 11 is 0. The summed E-state index contributed by atoms with van der Waals surface area (Å²) in [6.45, 7) is 2.22. The minimum absolute atomic E-state index is 0.953. The van der Waals surface area contributed by atoms with Crippen LogP contribution in [0.5, 0.6) is 0 Å². The van der Waals surface area contributed by atoms with Crippen LogP contribution < -0.4 is 0 Å². The van der Waals surface area contributed by atoms with Crippen LogP contribution in [-0.2, 0) is 4.43 Å². The Bertz CT molecular complexity index is 123. The van der Waals surface area contributed by atoms with Crippen LogP contribution in [0.2, 0.25) is 0 Å². The monoisotopic (exact) mass is 167 g/mol. The Morgan fingerprint density at radius 3 is 2.55 bits per heavy atom. The summed E-state index contributed by atoms with van der Waals surface area (Å²) in [4.78, 5) is 0. The second-order valence-corrected chi connectivity index (χ2v) is 2.75. The van der Waals surface area contributed by atoms with Crippen LogP contribution in [0.25, 0.3) is 0 Å². The van der Waals surface area contributed by atoms with Gasteiger partial charge in [0.25, 0.3) is 0 Å². The molecule has 3 radical (unpaired) electrons. The van der Waals surface area contributed by atoms with E-state index in [0.29, 0.717) is 0 Å². The third-order valence-corrected chi connectivity index (χ3v) is 1.63. The molecule has 0 aromatic carbocycles. The van der Waals surface area contributed by atoms with Crippen LogP contribution in [0.15, 0.2) is 0 Å². The highest BCUT2D eigenvalue weighted by molar-refractivity contribution is 5.98. The van der Waals surface area contributed by atoms with Crippen LogP contribution in [-0.4, -0.2) is 10.5 Å². The van der Waals surface area contributed by atoms with Crippen molar-refractivity contribution in [3.8, 4) is 12.0 Å². The van der Waals surface area contributed by atoms with Crippen molar-refractivity contribution >= 4 is 10.5 Å². The molecule has 0 aliphatic rings. The Kier molecular flexibility index (Phi) is 9.21. The standard InChI is InChI=1S/C9H15OSi/c1-2-3-4-5-6-7-8-9-10-11/h2-7H2,1H3. The van der Waals surface area contributed by atoms with Crippen LogP contribution in [0.3, 0.4) is 0 Å². The second-order valence-electron chi connectivity index (χ2n) is 2.55. The van der Waals surface area contributed by atoms with Crippen molar-refractivity contribution in [1.82, 2.24) is 0 Å². The van der Waals surface area contributed by atoms with E-state index in [1.54, 1.807) is 0 Å². The second kappa shape index (κ2) is 9.58. The van der Waals surface area contributed by atoms with Crippen molar-refractivity contribution in [3.63, 3.8) is 0 Å². The first kappa shape index (κ1) is 10.6. The summed E-state index contributed by atoms with van der Waals surface area (Å²) in [6.07, 6.45) is 9.94. The third kappa shape index (κ3) is 9.58. The summed E-state index contributed by atoms with van der Waals surface area (Å²) in [5.74, 6) is 2.89. The van der Waals surface area contributed by atoms with Crippen LogP contribution in [0.4, 0.5) is 0 Å². The molecule has 0 fully saturated rings. The lowest BCUT2D eigenvalue weighted by Crippen LogP contribution is -1.76. The van der Waals surface area contributed by atoms with Gasteiger partial charge in [-0.2, -0.15) is 0 Å². The van der Waals surface area contributed by atoms with Gasteiger partial charge in [0, 0.05) is 6.42 Å². The molecule has 0 unspecified atom stereocenters. The van der Waals surface area contributed by atoms with Gasteiger partial charge < -0.3 is 4.43 Å². The van der Waals surface area contributed by atoms with Gasteiger partial charge in [-0.05, 0) is 6.42 Å². The minimum atomic E-state index is 0.953. The smallest absolute Gasteiger partial charge is 0.359 e. The zero-order valence-electron chi connectivity index (χ0n) is 7.15. The first-order valence-electron chi connectivity index (χ1n) is 4.22. The maximum atomic E-state index is 4.41. The molecular formula is C9H15OSi. The molecule has 0 saturated carbocycles. The Hall–Kier alpha value is -0.423. The van der Waals surface area contributed by atoms with Crippen molar-refractivity contribution < 1.29 is 4.43 Å². The molecule has 0 rings (SSSR count). The Balaban J connectivity index is 2.90. The highest BCUT2D eigenvalue weighted by Gasteiger charge is 1.85. The van der Waals surface area contributed by atoms with Gasteiger partial charge in [-0.3, -0.25) is 0 Å². The van der Waals surface area contributed by atoms with E-state index in [1.165, 1.54) is 32.1 Å². The molecule has 0 aromatic heterocycles. The molecule has 0 aliphatic heterocycles. The first-order valence-corrected chi connectivity index (χ1v) is 4.63. The number of hydrogen-bond acceptors (Lipinski definition) is 1. The van der Waals surface area contributed by atoms with Gasteiger partial charge >= 0.3 is 10.5 Å². The molecule has 0 atom stereocenters. The quantitative estimate of drug-likeness (QED) is 0.347. The van der Waals surface area contributed by atoms with E-state index in [0.717, 1.165) is 6.42 Å². The van der Waals surface area contributed by atoms with Gasteiger partial charge in [0.15, 0.2) is 0 Å². The minimum Gasteiger partial charge on any atom is -0.500 e. The lowest BCUT2D eigenvalue weighted by Gasteiger charge is -1.93. The van der Waals surface area contributed by atoms with E-state index in [-0.39, 0.29) is 0 Å². The zero-order chi connectivity index (χ0) is 8.36. The fraction of sp³-hybridized carbons (Fsp3) is 0.778. The largest absolute Gasteiger partial charge is 0.500 e. The van der Waals surface area contributed by atoms with Crippen LogP contribution >= 0.6 is 0 Å². The Morgan fingerprint density at radius 1 is 1.18 bits per heavy atom. The number of rotatable bonds is 5. The Morgan fingerprint density at radius 2 is 1.91 bits per heavy atom. The molecule has 0 aliphatic carbocycles. The molecule has 0 N–H and O–H groups in total. The van der Waals surface area contributed by atoms with Crippen molar-refractivity contribution in [1.29, 1.82) is 0 Å². The predicted molar refractivity (Wildman–Crippen MR) is 48.0 cm³/mol. The van der Waals surface area contributed by atoms with Crippen molar-refractivity contribution in [2.75, 3.05) is 0 Å². The van der Waals surface area contributed by atoms with Gasteiger partial charge in [-0.15, -0.1) is 0 Å². The number of unbranched alkanes of at least 4 members (excludes halogenated alkanes) is 5. The summed E-state index contributed by atoms with van der Waals surface area (Å²) in [7, 11) is 2.81. The van der Waals surface area contributed by atoms with Gasteiger partial charge in [-0.1, -0.05) is 38.5 Å². The highest BCUT2D eigenvalue weighted by atomic mass is 28.2. The van der Waals surface area contributed by atoms with Gasteiger partial charge in [-0.25, -0.2) is 0 Å². The van der Waals surface area contributed by atoms with Gasteiger partial charge in [0.1, 0.15) is 0 Å². The maximum absolute atomic E-state index is 4.41. The van der Waals surface area contributed by atoms with Crippen LogP contribution in [0.1, 0.15) is 45.4 Å². The SMILES string of the molecule is CCCCCCCC#CO[Si]. The zero-order valence-corrected chi connectivity index (χ0v) is 8.15. The molecule has 0 spiro atoms. The summed E-state index contributed by atoms with van der Waals surface area (Å²) in [5.41, 5.74) is 0. The van der Waals surface area contributed by atoms with Gasteiger partial charge in [0.05, 0.1) is 6.11 Å². The maximum Gasteiger partial charge on any atom is 0.359 e. The molecule has 1 nitrogen and oxygen atoms in total. The topological polar surface area (TPSA) is 9.23 Å². The van der Waals surface area contributed by atoms with E-state index in [4.69, 9.17) is 0 Å². The van der Waals surface area contributed by atoms with Crippen molar-refractivity contribution in [2.24, 2.45) is 0 Å². The predicted octanol–water partition coefficient (Wildman–Crippen LogP) is 2.41. The van der Waals surface area contributed by atoms with Crippen molar-refractivity contribution in [3.05, 3.63) is 0 Å². The normalized spacial score (nSPS) is 8.55. The molecule has 0 heterocycles. The lowest BCUT2D eigenvalue weighted by atomic mass is 10.1. The van der Waals surface area contributed by atoms with E-state index >= 15 is 0 Å². The number of hydrogen-bond donors (Lipinski definition) is 0. The summed E-state index contributed by atoms with van der Waals surface area (Å²) in [6, 6.07) is 0. The lowest BCUT2D eigenvalue weighted by molar-refractivity contribution is 0.576. The van der Waals surface area contributed by atoms with E-state index in [9.17, 15) is 0 Å². The molecular weight excluding hydrogens is 152 g/mol. The summed E-state index contributed by atoms with van der Waals surface area (Å²) < 4.78 is 4.41. The molecule has 0 bridgehead atoms. The molecule has 11 heavy (non-hydrogen) atoms. The van der Waals surface area contributed by atoms with Crippen molar-refractivity contribution in [2.45, 2.75) is 45.4 Å².